The molecule has 0 aliphatic carbocycles. The summed E-state index contributed by atoms with van der Waals surface area (Å²) in [5.74, 6) is 0. The number of aliphatic imine (C=N–C) groups is 1. The molecule has 1 aliphatic heterocycles. The van der Waals surface area contributed by atoms with Crippen LogP contribution in [-0.4, -0.2) is 18.8 Å². The number of hydrogen-bond acceptors (Lipinski definition) is 3. The van der Waals surface area contributed by atoms with E-state index in [1.807, 2.05) is 60.7 Å². The van der Waals surface area contributed by atoms with Crippen molar-refractivity contribution in [3.8, 4) is 0 Å². The summed E-state index contributed by atoms with van der Waals surface area (Å²) in [7, 11) is 0. The minimum absolute atomic E-state index is 0.628. The van der Waals surface area contributed by atoms with Crippen molar-refractivity contribution in [2.24, 2.45) is 4.99 Å². The van der Waals surface area contributed by atoms with Gasteiger partial charge in [0.2, 0.25) is 0 Å². The minimum atomic E-state index is -0.774. The molecule has 2 aromatic carbocycles. The molecule has 1 atom stereocenters. The quantitative estimate of drug-likeness (QED) is 0.786. The van der Waals surface area contributed by atoms with E-state index in [0.717, 1.165) is 17.4 Å². The van der Waals surface area contributed by atoms with Gasteiger partial charge in [-0.15, -0.1) is 0 Å². The second-order valence-corrected chi connectivity index (χ2v) is 4.43. The van der Waals surface area contributed by atoms with Crippen LogP contribution in [0.15, 0.2) is 65.7 Å². The first-order valence-electron chi connectivity index (χ1n) is 6.13. The minimum Gasteiger partial charge on any atom is -0.469 e. The number of rotatable bonds is 3. The summed E-state index contributed by atoms with van der Waals surface area (Å²) < 4.78 is 5.37. The van der Waals surface area contributed by atoms with E-state index >= 15 is 0 Å². The van der Waals surface area contributed by atoms with Crippen molar-refractivity contribution in [2.45, 2.75) is 11.6 Å². The predicted molar refractivity (Wildman–Crippen MR) is 73.1 cm³/mol. The number of ether oxygens (including phenoxy) is 1. The van der Waals surface area contributed by atoms with E-state index in [-0.39, 0.29) is 0 Å². The standard InChI is InChI=1S/C16H13NO2/c18-11-15-16(17-12-19-15,13-7-3-1-4-8-13)14-9-5-2-6-10-14/h1-12,15H. The van der Waals surface area contributed by atoms with Gasteiger partial charge in [0.25, 0.3) is 0 Å². The van der Waals surface area contributed by atoms with Gasteiger partial charge in [-0.2, -0.15) is 0 Å². The van der Waals surface area contributed by atoms with Crippen LogP contribution >= 0.6 is 0 Å². The molecule has 0 amide bonds. The molecule has 3 heteroatoms. The Balaban J connectivity index is 2.22. The summed E-state index contributed by atoms with van der Waals surface area (Å²) in [6.07, 6.45) is 1.56. The Bertz CT molecular complexity index is 553. The number of hydrogen-bond donors (Lipinski definition) is 0. The average Bonchev–Trinajstić information content (AvgIpc) is 2.94. The molecule has 3 nitrogen and oxygen atoms in total. The zero-order chi connectivity index (χ0) is 13.1. The Hall–Kier alpha value is -2.42. The maximum Gasteiger partial charge on any atom is 0.188 e. The Labute approximate surface area is 111 Å². The zero-order valence-corrected chi connectivity index (χ0v) is 10.3. The van der Waals surface area contributed by atoms with Crippen molar-refractivity contribution in [3.05, 3.63) is 71.8 Å². The van der Waals surface area contributed by atoms with E-state index < -0.39 is 11.6 Å². The number of carbonyl (C=O) groups is 1. The zero-order valence-electron chi connectivity index (χ0n) is 10.3. The van der Waals surface area contributed by atoms with Crippen molar-refractivity contribution in [2.75, 3.05) is 0 Å². The first kappa shape index (κ1) is 11.7. The fourth-order valence-corrected chi connectivity index (χ4v) is 2.51. The molecular weight excluding hydrogens is 238 g/mol. The molecule has 1 heterocycles. The number of carbonyl (C=O) groups excluding carboxylic acids is 1. The SMILES string of the molecule is O=CC1OC=NC1(c1ccccc1)c1ccccc1. The predicted octanol–water partition coefficient (Wildman–Crippen LogP) is 2.56. The fraction of sp³-hybridized carbons (Fsp3) is 0.125. The van der Waals surface area contributed by atoms with Crippen LogP contribution in [0.4, 0.5) is 0 Å². The van der Waals surface area contributed by atoms with Gasteiger partial charge in [0.05, 0.1) is 0 Å². The average molecular weight is 251 g/mol. The Kier molecular flexibility index (Phi) is 2.88. The third-order valence-corrected chi connectivity index (χ3v) is 3.43. The van der Waals surface area contributed by atoms with Crippen LogP contribution in [0.3, 0.4) is 0 Å². The van der Waals surface area contributed by atoms with Crippen LogP contribution in [0.25, 0.3) is 0 Å². The lowest BCUT2D eigenvalue weighted by molar-refractivity contribution is -0.115. The molecule has 3 rings (SSSR count). The summed E-state index contributed by atoms with van der Waals surface area (Å²) in [4.78, 5) is 15.8. The molecule has 0 N–H and O–H groups in total. The number of aldehydes is 1. The monoisotopic (exact) mass is 251 g/mol. The molecule has 0 bridgehead atoms. The number of nitrogens with zero attached hydrogens (tertiary/aromatic N) is 1. The van der Waals surface area contributed by atoms with Gasteiger partial charge in [-0.05, 0) is 11.1 Å². The maximum atomic E-state index is 11.4. The Morgan fingerprint density at radius 2 is 1.47 bits per heavy atom. The highest BCUT2D eigenvalue weighted by Crippen LogP contribution is 2.40. The normalized spacial score (nSPS) is 19.9. The highest BCUT2D eigenvalue weighted by Gasteiger charge is 2.46. The van der Waals surface area contributed by atoms with E-state index in [1.165, 1.54) is 6.40 Å². The summed E-state index contributed by atoms with van der Waals surface area (Å²) >= 11 is 0. The number of benzene rings is 2. The van der Waals surface area contributed by atoms with Crippen LogP contribution < -0.4 is 0 Å². The summed E-state index contributed by atoms with van der Waals surface area (Å²) in [5, 5.41) is 0. The first-order chi connectivity index (χ1) is 9.38. The van der Waals surface area contributed by atoms with Gasteiger partial charge in [-0.1, -0.05) is 60.7 Å². The summed E-state index contributed by atoms with van der Waals surface area (Å²) in [6, 6.07) is 19.5. The third kappa shape index (κ3) is 1.74. The van der Waals surface area contributed by atoms with Gasteiger partial charge in [-0.3, -0.25) is 4.79 Å². The van der Waals surface area contributed by atoms with Gasteiger partial charge in [-0.25, -0.2) is 4.99 Å². The van der Waals surface area contributed by atoms with Crippen LogP contribution in [-0.2, 0) is 15.1 Å². The highest BCUT2D eigenvalue weighted by atomic mass is 16.5. The topological polar surface area (TPSA) is 38.7 Å². The Morgan fingerprint density at radius 1 is 0.947 bits per heavy atom. The molecule has 1 aliphatic rings. The van der Waals surface area contributed by atoms with Gasteiger partial charge >= 0.3 is 0 Å². The molecule has 0 saturated carbocycles. The van der Waals surface area contributed by atoms with Crippen molar-refractivity contribution >= 4 is 12.7 Å². The van der Waals surface area contributed by atoms with Crippen LogP contribution in [0, 0.1) is 0 Å². The highest BCUT2D eigenvalue weighted by molar-refractivity contribution is 5.71. The molecule has 0 saturated heterocycles. The molecule has 0 spiro atoms. The molecule has 94 valence electrons. The summed E-state index contributed by atoms with van der Waals surface area (Å²) in [6.45, 7) is 0. The third-order valence-electron chi connectivity index (χ3n) is 3.43. The fourth-order valence-electron chi connectivity index (χ4n) is 2.51. The largest absolute Gasteiger partial charge is 0.469 e. The van der Waals surface area contributed by atoms with Crippen LogP contribution in [0.1, 0.15) is 11.1 Å². The Morgan fingerprint density at radius 3 is 1.95 bits per heavy atom. The second-order valence-electron chi connectivity index (χ2n) is 4.43. The molecule has 0 radical (unpaired) electrons. The van der Waals surface area contributed by atoms with Crippen molar-refractivity contribution in [1.82, 2.24) is 0 Å². The van der Waals surface area contributed by atoms with Crippen molar-refractivity contribution in [3.63, 3.8) is 0 Å². The molecule has 1 unspecified atom stereocenters. The molecular formula is C16H13NO2. The van der Waals surface area contributed by atoms with E-state index in [9.17, 15) is 4.79 Å². The van der Waals surface area contributed by atoms with Crippen molar-refractivity contribution in [1.29, 1.82) is 0 Å². The van der Waals surface area contributed by atoms with E-state index in [4.69, 9.17) is 4.74 Å². The smallest absolute Gasteiger partial charge is 0.188 e. The molecule has 0 aromatic heterocycles. The lowest BCUT2D eigenvalue weighted by atomic mass is 9.79. The summed E-state index contributed by atoms with van der Waals surface area (Å²) in [5.41, 5.74) is 1.13. The van der Waals surface area contributed by atoms with Gasteiger partial charge in [0.15, 0.2) is 24.3 Å². The van der Waals surface area contributed by atoms with E-state index in [2.05, 4.69) is 4.99 Å². The van der Waals surface area contributed by atoms with E-state index in [1.54, 1.807) is 0 Å². The first-order valence-corrected chi connectivity index (χ1v) is 6.13. The molecule has 19 heavy (non-hydrogen) atoms. The maximum absolute atomic E-state index is 11.4. The van der Waals surface area contributed by atoms with E-state index in [0.29, 0.717) is 0 Å². The van der Waals surface area contributed by atoms with Crippen LogP contribution in [0.5, 0.6) is 0 Å². The molecule has 2 aromatic rings. The lowest BCUT2D eigenvalue weighted by Gasteiger charge is -2.29. The van der Waals surface area contributed by atoms with Gasteiger partial charge < -0.3 is 4.74 Å². The molecule has 0 fully saturated rings. The van der Waals surface area contributed by atoms with Crippen LogP contribution in [0.2, 0.25) is 0 Å². The lowest BCUT2D eigenvalue weighted by Crippen LogP contribution is -2.37. The van der Waals surface area contributed by atoms with Gasteiger partial charge in [0, 0.05) is 0 Å². The second kappa shape index (κ2) is 4.69. The van der Waals surface area contributed by atoms with Gasteiger partial charge in [0.1, 0.15) is 0 Å². The van der Waals surface area contributed by atoms with Crippen molar-refractivity contribution < 1.29 is 9.53 Å².